The number of nitrogens with zero attached hydrogens (tertiary/aromatic N) is 1. The topological polar surface area (TPSA) is 59.1 Å². The van der Waals surface area contributed by atoms with E-state index in [-0.39, 0.29) is 6.61 Å². The fourth-order valence-corrected chi connectivity index (χ4v) is 0.800. The summed E-state index contributed by atoms with van der Waals surface area (Å²) >= 11 is 0. The molecule has 1 aromatic rings. The highest BCUT2D eigenvalue weighted by Crippen LogP contribution is 1.98. The van der Waals surface area contributed by atoms with Crippen molar-refractivity contribution in [1.29, 1.82) is 0 Å². The summed E-state index contributed by atoms with van der Waals surface area (Å²) in [6.45, 7) is 0.338. The van der Waals surface area contributed by atoms with Crippen LogP contribution < -0.4 is 5.73 Å². The molecular formula is C9H10N2O. The van der Waals surface area contributed by atoms with E-state index in [0.717, 1.165) is 5.56 Å². The fourth-order valence-electron chi connectivity index (χ4n) is 0.800. The van der Waals surface area contributed by atoms with Gasteiger partial charge >= 0.3 is 0 Å². The molecule has 0 aliphatic carbocycles. The molecule has 0 aromatic carbocycles. The number of hydrogen-bond donors (Lipinski definition) is 2. The van der Waals surface area contributed by atoms with Crippen LogP contribution in [0.4, 0.5) is 0 Å². The van der Waals surface area contributed by atoms with Crippen LogP contribution in [0.2, 0.25) is 0 Å². The van der Waals surface area contributed by atoms with Gasteiger partial charge in [-0.1, -0.05) is 5.92 Å². The Morgan fingerprint density at radius 3 is 3.08 bits per heavy atom. The highest BCUT2D eigenvalue weighted by Gasteiger charge is 1.90. The molecule has 1 rings (SSSR count). The molecule has 1 heterocycles. The summed E-state index contributed by atoms with van der Waals surface area (Å²) in [5.74, 6) is 5.22. The van der Waals surface area contributed by atoms with Crippen LogP contribution in [-0.4, -0.2) is 16.7 Å². The molecule has 0 amide bonds. The molecule has 0 radical (unpaired) electrons. The van der Waals surface area contributed by atoms with Crippen molar-refractivity contribution in [2.45, 2.75) is 6.54 Å². The van der Waals surface area contributed by atoms with Crippen LogP contribution in [0.1, 0.15) is 11.3 Å². The Labute approximate surface area is 71.2 Å². The van der Waals surface area contributed by atoms with Gasteiger partial charge in [0.1, 0.15) is 12.3 Å². The second-order valence-corrected chi connectivity index (χ2v) is 2.21. The van der Waals surface area contributed by atoms with Gasteiger partial charge in [-0.05, 0) is 23.6 Å². The van der Waals surface area contributed by atoms with E-state index in [4.69, 9.17) is 10.8 Å². The minimum absolute atomic E-state index is 0.144. The third-order valence-electron chi connectivity index (χ3n) is 1.36. The van der Waals surface area contributed by atoms with Crippen LogP contribution in [0.25, 0.3) is 0 Å². The van der Waals surface area contributed by atoms with Crippen LogP contribution in [0.5, 0.6) is 0 Å². The van der Waals surface area contributed by atoms with Crippen LogP contribution in [0.15, 0.2) is 18.3 Å². The summed E-state index contributed by atoms with van der Waals surface area (Å²) in [4.78, 5) is 3.98. The molecular weight excluding hydrogens is 152 g/mol. The zero-order valence-electron chi connectivity index (χ0n) is 6.62. The molecule has 3 nitrogen and oxygen atoms in total. The molecule has 1 aromatic heterocycles. The van der Waals surface area contributed by atoms with Crippen molar-refractivity contribution < 1.29 is 5.11 Å². The standard InChI is InChI=1S/C9H10N2O/c10-7-8-3-4-11-9(6-8)2-1-5-12/h3-4,6,12H,5,7,10H2. The first-order chi connectivity index (χ1) is 5.86. The SMILES string of the molecule is NCc1ccnc(C#CCO)c1. The molecule has 0 aliphatic rings. The van der Waals surface area contributed by atoms with E-state index < -0.39 is 0 Å². The van der Waals surface area contributed by atoms with E-state index in [2.05, 4.69) is 16.8 Å². The zero-order chi connectivity index (χ0) is 8.81. The summed E-state index contributed by atoms with van der Waals surface area (Å²) in [5.41, 5.74) is 7.06. The third-order valence-corrected chi connectivity index (χ3v) is 1.36. The van der Waals surface area contributed by atoms with Crippen molar-refractivity contribution in [2.24, 2.45) is 5.73 Å². The first kappa shape index (κ1) is 8.72. The van der Waals surface area contributed by atoms with Crippen molar-refractivity contribution in [3.8, 4) is 11.8 Å². The molecule has 12 heavy (non-hydrogen) atoms. The van der Waals surface area contributed by atoms with Crippen LogP contribution >= 0.6 is 0 Å². The van der Waals surface area contributed by atoms with E-state index in [1.807, 2.05) is 12.1 Å². The smallest absolute Gasteiger partial charge is 0.113 e. The molecule has 3 heteroatoms. The molecule has 0 saturated carbocycles. The van der Waals surface area contributed by atoms with Crippen LogP contribution in [-0.2, 0) is 6.54 Å². The van der Waals surface area contributed by atoms with Gasteiger partial charge < -0.3 is 10.8 Å². The van der Waals surface area contributed by atoms with E-state index in [1.54, 1.807) is 6.20 Å². The summed E-state index contributed by atoms with van der Waals surface area (Å²) < 4.78 is 0. The molecule has 0 unspecified atom stereocenters. The number of pyridine rings is 1. The fraction of sp³-hybridized carbons (Fsp3) is 0.222. The molecule has 3 N–H and O–H groups in total. The third kappa shape index (κ3) is 2.35. The van der Waals surface area contributed by atoms with Crippen molar-refractivity contribution in [2.75, 3.05) is 6.61 Å². The van der Waals surface area contributed by atoms with Gasteiger partial charge in [-0.3, -0.25) is 0 Å². The van der Waals surface area contributed by atoms with E-state index in [9.17, 15) is 0 Å². The number of aliphatic hydroxyl groups is 1. The summed E-state index contributed by atoms with van der Waals surface area (Å²) in [6.07, 6.45) is 1.66. The predicted molar refractivity (Wildman–Crippen MR) is 46.1 cm³/mol. The highest BCUT2D eigenvalue weighted by atomic mass is 16.2. The Kier molecular flexibility index (Phi) is 3.27. The summed E-state index contributed by atoms with van der Waals surface area (Å²) in [5, 5.41) is 8.43. The monoisotopic (exact) mass is 162 g/mol. The maximum Gasteiger partial charge on any atom is 0.113 e. The number of hydrogen-bond acceptors (Lipinski definition) is 3. The Morgan fingerprint density at radius 2 is 2.42 bits per heavy atom. The molecule has 0 aliphatic heterocycles. The molecule has 0 saturated heterocycles. The number of nitrogens with two attached hydrogens (primary N) is 1. The Morgan fingerprint density at radius 1 is 1.58 bits per heavy atom. The minimum Gasteiger partial charge on any atom is -0.384 e. The average molecular weight is 162 g/mol. The summed E-state index contributed by atoms with van der Waals surface area (Å²) in [7, 11) is 0. The van der Waals surface area contributed by atoms with E-state index in [0.29, 0.717) is 12.2 Å². The lowest BCUT2D eigenvalue weighted by molar-refractivity contribution is 0.350. The second-order valence-electron chi connectivity index (χ2n) is 2.21. The van der Waals surface area contributed by atoms with Crippen LogP contribution in [0, 0.1) is 11.8 Å². The van der Waals surface area contributed by atoms with Crippen molar-refractivity contribution in [3.05, 3.63) is 29.6 Å². The van der Waals surface area contributed by atoms with Gasteiger partial charge in [0.2, 0.25) is 0 Å². The maximum atomic E-state index is 8.43. The highest BCUT2D eigenvalue weighted by molar-refractivity contribution is 5.30. The average Bonchev–Trinajstić information content (AvgIpc) is 2.15. The van der Waals surface area contributed by atoms with Crippen LogP contribution in [0.3, 0.4) is 0 Å². The molecule has 0 bridgehead atoms. The second kappa shape index (κ2) is 4.50. The van der Waals surface area contributed by atoms with Gasteiger partial charge in [-0.25, -0.2) is 4.98 Å². The first-order valence-corrected chi connectivity index (χ1v) is 3.61. The molecule has 0 spiro atoms. The minimum atomic E-state index is -0.144. The number of aromatic nitrogens is 1. The van der Waals surface area contributed by atoms with Gasteiger partial charge in [0.15, 0.2) is 0 Å². The lowest BCUT2D eigenvalue weighted by Crippen LogP contribution is -1.97. The largest absolute Gasteiger partial charge is 0.384 e. The predicted octanol–water partition coefficient (Wildman–Crippen LogP) is -0.116. The molecule has 62 valence electrons. The maximum absolute atomic E-state index is 8.43. The van der Waals surface area contributed by atoms with E-state index in [1.165, 1.54) is 0 Å². The van der Waals surface area contributed by atoms with Crippen molar-refractivity contribution >= 4 is 0 Å². The Balaban J connectivity index is 2.86. The first-order valence-electron chi connectivity index (χ1n) is 3.61. The quantitative estimate of drug-likeness (QED) is 0.566. The number of rotatable bonds is 1. The molecule has 0 fully saturated rings. The van der Waals surface area contributed by atoms with Crippen molar-refractivity contribution in [3.63, 3.8) is 0 Å². The van der Waals surface area contributed by atoms with Gasteiger partial charge in [-0.15, -0.1) is 0 Å². The van der Waals surface area contributed by atoms with Crippen molar-refractivity contribution in [1.82, 2.24) is 4.98 Å². The zero-order valence-corrected chi connectivity index (χ0v) is 6.62. The normalized spacial score (nSPS) is 8.83. The van der Waals surface area contributed by atoms with E-state index >= 15 is 0 Å². The van der Waals surface area contributed by atoms with Gasteiger partial charge in [0.25, 0.3) is 0 Å². The lowest BCUT2D eigenvalue weighted by atomic mass is 10.2. The Bertz CT molecular complexity index is 312. The Hall–Kier alpha value is -1.37. The number of aliphatic hydroxyl groups excluding tert-OH is 1. The lowest BCUT2D eigenvalue weighted by Gasteiger charge is -1.94. The van der Waals surface area contributed by atoms with Gasteiger partial charge in [-0.2, -0.15) is 0 Å². The molecule has 0 atom stereocenters. The van der Waals surface area contributed by atoms with Gasteiger partial charge in [0.05, 0.1) is 0 Å². The van der Waals surface area contributed by atoms with Gasteiger partial charge in [0, 0.05) is 12.7 Å². The summed E-state index contributed by atoms with van der Waals surface area (Å²) in [6, 6.07) is 3.65.